The Balaban J connectivity index is 1.78. The van der Waals surface area contributed by atoms with Crippen LogP contribution in [0, 0.1) is 23.0 Å². The van der Waals surface area contributed by atoms with E-state index in [0.29, 0.717) is 16.3 Å². The molecular formula is C18H16ClN3O4. The van der Waals surface area contributed by atoms with Crippen LogP contribution in [0.2, 0.25) is 5.02 Å². The number of rotatable bonds is 4. The van der Waals surface area contributed by atoms with Crippen molar-refractivity contribution in [2.24, 2.45) is 5.92 Å². The number of anilines is 2. The molecule has 2 aromatic carbocycles. The summed E-state index contributed by atoms with van der Waals surface area (Å²) in [5, 5.41) is 14.3. The number of hydrogen-bond acceptors (Lipinski definition) is 4. The zero-order valence-electron chi connectivity index (χ0n) is 13.9. The molecule has 0 aromatic heterocycles. The molecule has 0 spiro atoms. The summed E-state index contributed by atoms with van der Waals surface area (Å²) in [6, 6.07) is 11.4. The van der Waals surface area contributed by atoms with Crippen molar-refractivity contribution >= 4 is 40.5 Å². The number of benzene rings is 2. The average molecular weight is 374 g/mol. The van der Waals surface area contributed by atoms with Gasteiger partial charge in [-0.05, 0) is 30.7 Å². The van der Waals surface area contributed by atoms with Crippen LogP contribution in [-0.4, -0.2) is 23.3 Å². The summed E-state index contributed by atoms with van der Waals surface area (Å²) in [5.74, 6) is -1.20. The summed E-state index contributed by atoms with van der Waals surface area (Å²) in [6.45, 7) is 1.88. The van der Waals surface area contributed by atoms with E-state index in [1.54, 1.807) is 43.3 Å². The lowest BCUT2D eigenvalue weighted by Gasteiger charge is -2.17. The molecule has 1 fully saturated rings. The molecule has 1 unspecified atom stereocenters. The molecule has 1 N–H and O–H groups in total. The van der Waals surface area contributed by atoms with Gasteiger partial charge in [0.25, 0.3) is 5.69 Å². The van der Waals surface area contributed by atoms with E-state index in [1.807, 2.05) is 0 Å². The third-order valence-electron chi connectivity index (χ3n) is 4.31. The van der Waals surface area contributed by atoms with E-state index < -0.39 is 16.7 Å². The van der Waals surface area contributed by atoms with Gasteiger partial charge in [0.1, 0.15) is 5.69 Å². The minimum absolute atomic E-state index is 0.0397. The maximum atomic E-state index is 12.6. The lowest BCUT2D eigenvalue weighted by Crippen LogP contribution is -2.28. The molecule has 1 aliphatic heterocycles. The first-order chi connectivity index (χ1) is 12.4. The maximum absolute atomic E-state index is 12.6. The van der Waals surface area contributed by atoms with E-state index in [4.69, 9.17) is 11.6 Å². The number of nitro benzene ring substituents is 1. The molecule has 1 saturated heterocycles. The zero-order chi connectivity index (χ0) is 18.8. The minimum atomic E-state index is -0.597. The Kier molecular flexibility index (Phi) is 4.90. The Morgan fingerprint density at radius 3 is 2.73 bits per heavy atom. The van der Waals surface area contributed by atoms with Crippen molar-refractivity contribution in [3.05, 3.63) is 63.2 Å². The summed E-state index contributed by atoms with van der Waals surface area (Å²) in [7, 11) is 0. The van der Waals surface area contributed by atoms with Gasteiger partial charge in [-0.2, -0.15) is 0 Å². The topological polar surface area (TPSA) is 92.5 Å². The number of nitrogens with one attached hydrogen (secondary N) is 1. The van der Waals surface area contributed by atoms with Gasteiger partial charge in [0.2, 0.25) is 11.8 Å². The van der Waals surface area contributed by atoms with Crippen LogP contribution in [0.4, 0.5) is 17.1 Å². The summed E-state index contributed by atoms with van der Waals surface area (Å²) in [5.41, 5.74) is 1.20. The molecule has 8 heteroatoms. The van der Waals surface area contributed by atoms with Crippen LogP contribution in [0.1, 0.15) is 12.0 Å². The van der Waals surface area contributed by atoms with Crippen molar-refractivity contribution in [1.29, 1.82) is 0 Å². The summed E-state index contributed by atoms with van der Waals surface area (Å²) in [6.07, 6.45) is 0.0397. The molecular weight excluding hydrogens is 358 g/mol. The van der Waals surface area contributed by atoms with Crippen molar-refractivity contribution in [2.75, 3.05) is 16.8 Å². The summed E-state index contributed by atoms with van der Waals surface area (Å²) in [4.78, 5) is 37.0. The lowest BCUT2D eigenvalue weighted by atomic mass is 10.1. The van der Waals surface area contributed by atoms with Crippen molar-refractivity contribution in [3.63, 3.8) is 0 Å². The Morgan fingerprint density at radius 1 is 1.31 bits per heavy atom. The van der Waals surface area contributed by atoms with Crippen molar-refractivity contribution in [3.8, 4) is 0 Å². The molecule has 0 saturated carbocycles. The van der Waals surface area contributed by atoms with Crippen LogP contribution in [0.5, 0.6) is 0 Å². The van der Waals surface area contributed by atoms with Crippen molar-refractivity contribution in [2.45, 2.75) is 13.3 Å². The monoisotopic (exact) mass is 373 g/mol. The van der Waals surface area contributed by atoms with Gasteiger partial charge in [0.15, 0.2) is 0 Å². The molecule has 0 bridgehead atoms. The molecule has 0 aliphatic carbocycles. The van der Waals surface area contributed by atoms with E-state index in [2.05, 4.69) is 5.32 Å². The van der Waals surface area contributed by atoms with E-state index in [0.717, 1.165) is 0 Å². The predicted octanol–water partition coefficient (Wildman–Crippen LogP) is 3.55. The molecule has 3 rings (SSSR count). The van der Waals surface area contributed by atoms with Crippen LogP contribution < -0.4 is 10.2 Å². The highest BCUT2D eigenvalue weighted by Gasteiger charge is 2.36. The number of hydrogen-bond donors (Lipinski definition) is 1. The van der Waals surface area contributed by atoms with Gasteiger partial charge in [-0.3, -0.25) is 19.7 Å². The predicted molar refractivity (Wildman–Crippen MR) is 98.4 cm³/mol. The highest BCUT2D eigenvalue weighted by Crippen LogP contribution is 2.31. The number of nitro groups is 1. The Labute approximate surface area is 154 Å². The van der Waals surface area contributed by atoms with E-state index in [-0.39, 0.29) is 30.2 Å². The highest BCUT2D eigenvalue weighted by atomic mass is 35.5. The number of carbonyl (C=O) groups excluding carboxylic acids is 2. The Bertz CT molecular complexity index is 900. The third kappa shape index (κ3) is 3.52. The fraction of sp³-hybridized carbons (Fsp3) is 0.222. The van der Waals surface area contributed by atoms with Crippen LogP contribution in [-0.2, 0) is 9.59 Å². The molecule has 1 heterocycles. The van der Waals surface area contributed by atoms with Gasteiger partial charge in [-0.25, -0.2) is 0 Å². The second kappa shape index (κ2) is 7.13. The van der Waals surface area contributed by atoms with E-state index in [9.17, 15) is 19.7 Å². The first-order valence-electron chi connectivity index (χ1n) is 7.97. The smallest absolute Gasteiger partial charge is 0.293 e. The number of carbonyl (C=O) groups is 2. The number of nitrogens with zero attached hydrogens (tertiary/aromatic N) is 2. The van der Waals surface area contributed by atoms with E-state index in [1.165, 1.54) is 11.0 Å². The average Bonchev–Trinajstić information content (AvgIpc) is 2.98. The second-order valence-corrected chi connectivity index (χ2v) is 6.54. The molecule has 0 radical (unpaired) electrons. The van der Waals surface area contributed by atoms with Crippen LogP contribution in [0.15, 0.2) is 42.5 Å². The van der Waals surface area contributed by atoms with Gasteiger partial charge in [-0.1, -0.05) is 29.8 Å². The van der Waals surface area contributed by atoms with Crippen molar-refractivity contribution < 1.29 is 14.5 Å². The van der Waals surface area contributed by atoms with E-state index >= 15 is 0 Å². The molecule has 2 amide bonds. The molecule has 1 atom stereocenters. The molecule has 26 heavy (non-hydrogen) atoms. The normalized spacial score (nSPS) is 16.6. The SMILES string of the molecule is Cc1cccc([N+](=O)[O-])c1NC(=O)C1CC(=O)N(c2cccc(Cl)c2)C1. The molecule has 7 nitrogen and oxygen atoms in total. The van der Waals surface area contributed by atoms with Gasteiger partial charge in [0.05, 0.1) is 10.8 Å². The van der Waals surface area contributed by atoms with Gasteiger partial charge in [0, 0.05) is 29.7 Å². The molecule has 1 aliphatic rings. The van der Waals surface area contributed by atoms with Crippen LogP contribution >= 0.6 is 11.6 Å². The van der Waals surface area contributed by atoms with Crippen LogP contribution in [0.25, 0.3) is 0 Å². The third-order valence-corrected chi connectivity index (χ3v) is 4.55. The summed E-state index contributed by atoms with van der Waals surface area (Å²) < 4.78 is 0. The minimum Gasteiger partial charge on any atom is -0.320 e. The zero-order valence-corrected chi connectivity index (χ0v) is 14.7. The van der Waals surface area contributed by atoms with Gasteiger partial charge < -0.3 is 10.2 Å². The Hall–Kier alpha value is -2.93. The maximum Gasteiger partial charge on any atom is 0.293 e. The first kappa shape index (κ1) is 17.9. The number of amides is 2. The Morgan fingerprint density at radius 2 is 2.04 bits per heavy atom. The quantitative estimate of drug-likeness (QED) is 0.655. The lowest BCUT2D eigenvalue weighted by molar-refractivity contribution is -0.384. The van der Waals surface area contributed by atoms with Gasteiger partial charge in [-0.15, -0.1) is 0 Å². The van der Waals surface area contributed by atoms with Crippen molar-refractivity contribution in [1.82, 2.24) is 0 Å². The van der Waals surface area contributed by atoms with Crippen LogP contribution in [0.3, 0.4) is 0 Å². The molecule has 2 aromatic rings. The fourth-order valence-electron chi connectivity index (χ4n) is 2.97. The number of halogens is 1. The fourth-order valence-corrected chi connectivity index (χ4v) is 3.15. The standard InChI is InChI=1S/C18H16ClN3O4/c1-11-4-2-7-15(22(25)26)17(11)20-18(24)12-8-16(23)21(10-12)14-6-3-5-13(19)9-14/h2-7,9,12H,8,10H2,1H3,(H,20,24). The number of para-hydroxylation sites is 1. The number of aryl methyl sites for hydroxylation is 1. The first-order valence-corrected chi connectivity index (χ1v) is 8.35. The molecule has 134 valence electrons. The largest absolute Gasteiger partial charge is 0.320 e. The van der Waals surface area contributed by atoms with Gasteiger partial charge >= 0.3 is 0 Å². The summed E-state index contributed by atoms with van der Waals surface area (Å²) >= 11 is 5.96. The second-order valence-electron chi connectivity index (χ2n) is 6.10. The highest BCUT2D eigenvalue weighted by molar-refractivity contribution is 6.31.